The highest BCUT2D eigenvalue weighted by molar-refractivity contribution is 6.00. The molecule has 1 amide bonds. The van der Waals surface area contributed by atoms with Crippen LogP contribution in [0.1, 0.15) is 69.2 Å². The van der Waals surface area contributed by atoms with Gasteiger partial charge in [0, 0.05) is 30.8 Å². The van der Waals surface area contributed by atoms with E-state index in [-0.39, 0.29) is 23.2 Å². The molecule has 2 aliphatic rings. The lowest BCUT2D eigenvalue weighted by Gasteiger charge is -2.32. The molecule has 8 nitrogen and oxygen atoms in total. The highest BCUT2D eigenvalue weighted by Crippen LogP contribution is 2.27. The van der Waals surface area contributed by atoms with Crippen LogP contribution in [-0.4, -0.2) is 45.8 Å². The number of para-hydroxylation sites is 1. The molecule has 3 N–H and O–H groups in total. The number of hydrogen-bond acceptors (Lipinski definition) is 6. The largest absolute Gasteiger partial charge is 0.415 e. The van der Waals surface area contributed by atoms with E-state index in [1.807, 2.05) is 18.2 Å². The van der Waals surface area contributed by atoms with E-state index in [0.29, 0.717) is 36.0 Å². The van der Waals surface area contributed by atoms with E-state index in [9.17, 15) is 9.59 Å². The number of nitrogens with one attached hydrogen (secondary N) is 3. The normalized spacial score (nSPS) is 19.4. The van der Waals surface area contributed by atoms with E-state index in [0.717, 1.165) is 38.5 Å². The van der Waals surface area contributed by atoms with E-state index in [1.54, 1.807) is 24.0 Å². The second kappa shape index (κ2) is 9.97. The molecule has 1 aromatic carbocycles. The maximum absolute atomic E-state index is 12.9. The summed E-state index contributed by atoms with van der Waals surface area (Å²) < 4.78 is 5.49. The van der Waals surface area contributed by atoms with Crippen molar-refractivity contribution in [2.24, 2.45) is 0 Å². The molecule has 32 heavy (non-hydrogen) atoms. The van der Waals surface area contributed by atoms with Crippen molar-refractivity contribution in [3.63, 3.8) is 0 Å². The van der Waals surface area contributed by atoms with Crippen LogP contribution in [0.5, 0.6) is 5.75 Å². The molecule has 1 unspecified atom stereocenters. The van der Waals surface area contributed by atoms with Crippen molar-refractivity contribution in [3.8, 4) is 5.75 Å². The molecule has 1 aromatic heterocycles. The molecule has 0 radical (unpaired) electrons. The molecule has 4 rings (SSSR count). The van der Waals surface area contributed by atoms with Crippen LogP contribution in [0.15, 0.2) is 35.1 Å². The summed E-state index contributed by atoms with van der Waals surface area (Å²) in [7, 11) is 0. The Balaban J connectivity index is 1.53. The van der Waals surface area contributed by atoms with Crippen molar-refractivity contribution >= 4 is 17.6 Å². The second-order valence-corrected chi connectivity index (χ2v) is 8.75. The summed E-state index contributed by atoms with van der Waals surface area (Å²) in [6, 6.07) is 9.29. The molecular weight excluding hydrogens is 406 g/mol. The van der Waals surface area contributed by atoms with Gasteiger partial charge in [-0.2, -0.15) is 0 Å². The Labute approximate surface area is 187 Å². The molecule has 2 fully saturated rings. The number of rotatable bonds is 5. The molecule has 2 aromatic rings. The number of carbonyl (C=O) groups excluding carboxylic acids is 1. The number of ether oxygens (including phenoxy) is 1. The first-order valence-corrected chi connectivity index (χ1v) is 11.5. The van der Waals surface area contributed by atoms with Gasteiger partial charge in [0.25, 0.3) is 5.56 Å². The van der Waals surface area contributed by atoms with Gasteiger partial charge in [0.05, 0.1) is 0 Å². The molecule has 1 saturated carbocycles. The number of aromatic amines is 1. The average Bonchev–Trinajstić information content (AvgIpc) is 2.80. The van der Waals surface area contributed by atoms with Crippen LogP contribution in [0.25, 0.3) is 0 Å². The van der Waals surface area contributed by atoms with Crippen LogP contribution in [0.3, 0.4) is 0 Å². The third kappa shape index (κ3) is 5.18. The van der Waals surface area contributed by atoms with Gasteiger partial charge >= 0.3 is 6.09 Å². The van der Waals surface area contributed by atoms with Crippen LogP contribution < -0.4 is 15.6 Å². The monoisotopic (exact) mass is 437 g/mol. The van der Waals surface area contributed by atoms with Gasteiger partial charge in [0.1, 0.15) is 23.0 Å². The number of aromatic nitrogens is 2. The zero-order valence-corrected chi connectivity index (χ0v) is 18.5. The molecule has 2 heterocycles. The Kier molecular flexibility index (Phi) is 6.87. The van der Waals surface area contributed by atoms with Crippen molar-refractivity contribution in [2.45, 2.75) is 63.8 Å². The lowest BCUT2D eigenvalue weighted by atomic mass is 9.95. The smallest absolute Gasteiger partial charge is 0.410 e. The van der Waals surface area contributed by atoms with E-state index < -0.39 is 6.09 Å². The number of nitrogens with zero attached hydrogens (tertiary/aromatic N) is 2. The quantitative estimate of drug-likeness (QED) is 0.605. The van der Waals surface area contributed by atoms with Crippen LogP contribution in [-0.2, 0) is 0 Å². The van der Waals surface area contributed by atoms with Crippen molar-refractivity contribution < 1.29 is 9.53 Å². The summed E-state index contributed by atoms with van der Waals surface area (Å²) >= 11 is 0. The van der Waals surface area contributed by atoms with Crippen molar-refractivity contribution in [1.29, 1.82) is 5.41 Å². The van der Waals surface area contributed by atoms with Crippen molar-refractivity contribution in [3.05, 3.63) is 52.1 Å². The maximum atomic E-state index is 12.9. The zero-order chi connectivity index (χ0) is 22.5. The van der Waals surface area contributed by atoms with E-state index in [2.05, 4.69) is 10.3 Å². The summed E-state index contributed by atoms with van der Waals surface area (Å²) in [6.45, 7) is 2.65. The number of amides is 1. The first-order valence-electron chi connectivity index (χ1n) is 11.5. The zero-order valence-electron chi connectivity index (χ0n) is 18.5. The first kappa shape index (κ1) is 22.0. The molecule has 1 saturated heterocycles. The standard InChI is InChI=1S/C24H31N5O3/c1-16(25)20-22(26-18-10-4-2-5-11-18)27-21(28-23(20)30)17-9-8-14-29(15-17)24(31)32-19-12-6-3-7-13-19/h3,6-7,12-13,17-18,25H,2,4-5,8-11,14-15H2,1H3,(H2,26,27,28,30). The summed E-state index contributed by atoms with van der Waals surface area (Å²) in [4.78, 5) is 34.8. The molecule has 0 spiro atoms. The molecule has 1 aliphatic heterocycles. The van der Waals surface area contributed by atoms with Crippen LogP contribution in [0, 0.1) is 5.41 Å². The average molecular weight is 438 g/mol. The summed E-state index contributed by atoms with van der Waals surface area (Å²) in [5.74, 6) is 1.48. The summed E-state index contributed by atoms with van der Waals surface area (Å²) in [5, 5.41) is 11.5. The third-order valence-corrected chi connectivity index (χ3v) is 6.27. The van der Waals surface area contributed by atoms with Crippen molar-refractivity contribution in [1.82, 2.24) is 14.9 Å². The highest BCUT2D eigenvalue weighted by atomic mass is 16.6. The fraction of sp³-hybridized carbons (Fsp3) is 0.500. The third-order valence-electron chi connectivity index (χ3n) is 6.27. The molecule has 1 atom stereocenters. The Bertz CT molecular complexity index is 1010. The summed E-state index contributed by atoms with van der Waals surface area (Å²) in [6.07, 6.45) is 6.88. The van der Waals surface area contributed by atoms with E-state index >= 15 is 0 Å². The topological polar surface area (TPSA) is 111 Å². The van der Waals surface area contributed by atoms with Gasteiger partial charge in [-0.25, -0.2) is 9.78 Å². The van der Waals surface area contributed by atoms with Gasteiger partial charge in [-0.15, -0.1) is 0 Å². The number of hydrogen-bond donors (Lipinski definition) is 3. The number of anilines is 1. The summed E-state index contributed by atoms with van der Waals surface area (Å²) in [5.41, 5.74) is 0.195. The van der Waals surface area contributed by atoms with Gasteiger partial charge in [0.2, 0.25) is 0 Å². The van der Waals surface area contributed by atoms with Gasteiger partial charge in [-0.3, -0.25) is 4.79 Å². The molecule has 8 heteroatoms. The number of benzene rings is 1. The van der Waals surface area contributed by atoms with Gasteiger partial charge in [-0.1, -0.05) is 37.5 Å². The number of piperidine rings is 1. The van der Waals surface area contributed by atoms with Crippen LogP contribution in [0.2, 0.25) is 0 Å². The number of carbonyl (C=O) groups is 1. The van der Waals surface area contributed by atoms with Gasteiger partial charge < -0.3 is 25.3 Å². The SMILES string of the molecule is CC(=N)c1c(NC2CCCCC2)nc(C2CCCN(C(=O)Oc3ccccc3)C2)[nH]c1=O. The Morgan fingerprint density at radius 3 is 2.62 bits per heavy atom. The lowest BCUT2D eigenvalue weighted by molar-refractivity contribution is 0.136. The van der Waals surface area contributed by atoms with Gasteiger partial charge in [0.15, 0.2) is 0 Å². The van der Waals surface area contributed by atoms with Crippen LogP contribution in [0.4, 0.5) is 10.6 Å². The Morgan fingerprint density at radius 2 is 1.91 bits per heavy atom. The Morgan fingerprint density at radius 1 is 1.16 bits per heavy atom. The van der Waals surface area contributed by atoms with Crippen molar-refractivity contribution in [2.75, 3.05) is 18.4 Å². The van der Waals surface area contributed by atoms with E-state index in [1.165, 1.54) is 6.42 Å². The minimum absolute atomic E-state index is 0.0910. The molecular formula is C24H31N5O3. The molecule has 1 aliphatic carbocycles. The Hall–Kier alpha value is -3.16. The highest BCUT2D eigenvalue weighted by Gasteiger charge is 2.29. The van der Waals surface area contributed by atoms with Gasteiger partial charge in [-0.05, 0) is 44.7 Å². The van der Waals surface area contributed by atoms with Crippen LogP contribution >= 0.6 is 0 Å². The fourth-order valence-electron chi connectivity index (χ4n) is 4.60. The minimum Gasteiger partial charge on any atom is -0.410 e. The molecule has 170 valence electrons. The number of likely N-dealkylation sites (tertiary alicyclic amines) is 1. The fourth-order valence-corrected chi connectivity index (χ4v) is 4.60. The first-order chi connectivity index (χ1) is 15.5. The lowest BCUT2D eigenvalue weighted by Crippen LogP contribution is -2.41. The minimum atomic E-state index is -0.393. The predicted molar refractivity (Wildman–Crippen MR) is 124 cm³/mol. The second-order valence-electron chi connectivity index (χ2n) is 8.75. The molecule has 0 bridgehead atoms. The maximum Gasteiger partial charge on any atom is 0.415 e. The predicted octanol–water partition coefficient (Wildman–Crippen LogP) is 4.28. The van der Waals surface area contributed by atoms with E-state index in [4.69, 9.17) is 15.1 Å². The number of H-pyrrole nitrogens is 1.